The van der Waals surface area contributed by atoms with E-state index in [1.165, 1.54) is 28.2 Å². The first-order valence-electron chi connectivity index (χ1n) is 6.36. The highest BCUT2D eigenvalue weighted by molar-refractivity contribution is 9.11. The Bertz CT molecular complexity index is 786. The third kappa shape index (κ3) is 3.35. The van der Waals surface area contributed by atoms with Crippen LogP contribution in [0.2, 0.25) is 0 Å². The minimum absolute atomic E-state index is 0.144. The van der Waals surface area contributed by atoms with E-state index in [1.807, 2.05) is 0 Å². The van der Waals surface area contributed by atoms with Gasteiger partial charge in [0, 0.05) is 0 Å². The largest absolute Gasteiger partial charge is 0.468 e. The molecule has 3 aromatic heterocycles. The van der Waals surface area contributed by atoms with Crippen LogP contribution in [0.4, 0.5) is 0 Å². The van der Waals surface area contributed by atoms with Crippen LogP contribution < -0.4 is 0 Å². The maximum atomic E-state index is 12.8. The van der Waals surface area contributed by atoms with Crippen LogP contribution in [0.1, 0.15) is 11.5 Å². The molecule has 8 heteroatoms. The van der Waals surface area contributed by atoms with Crippen molar-refractivity contribution >= 4 is 37.3 Å². The van der Waals surface area contributed by atoms with Crippen LogP contribution in [-0.2, 0) is 23.1 Å². The summed E-state index contributed by atoms with van der Waals surface area (Å²) in [6.07, 6.45) is 3.05. The summed E-state index contributed by atoms with van der Waals surface area (Å²) < 4.78 is 38.6. The number of nitrogens with zero attached hydrogens (tertiary/aromatic N) is 1. The van der Waals surface area contributed by atoms with Gasteiger partial charge in [-0.3, -0.25) is 0 Å². The molecule has 0 aliphatic heterocycles. The molecule has 3 rings (SSSR count). The van der Waals surface area contributed by atoms with Gasteiger partial charge in [-0.25, -0.2) is 8.42 Å². The SMILES string of the molecule is O=S(=O)(c1ccc(Br)s1)N(Cc1ccco1)Cc1ccco1. The predicted molar refractivity (Wildman–Crippen MR) is 85.9 cm³/mol. The summed E-state index contributed by atoms with van der Waals surface area (Å²) in [6, 6.07) is 10.3. The Labute approximate surface area is 140 Å². The lowest BCUT2D eigenvalue weighted by Crippen LogP contribution is -2.29. The molecule has 0 fully saturated rings. The van der Waals surface area contributed by atoms with Crippen LogP contribution in [0.3, 0.4) is 0 Å². The predicted octanol–water partition coefficient (Wildman–Crippen LogP) is 4.09. The van der Waals surface area contributed by atoms with E-state index in [0.29, 0.717) is 11.5 Å². The fraction of sp³-hybridized carbons (Fsp3) is 0.143. The van der Waals surface area contributed by atoms with Crippen LogP contribution in [0.5, 0.6) is 0 Å². The molecule has 0 aliphatic carbocycles. The van der Waals surface area contributed by atoms with E-state index in [4.69, 9.17) is 8.83 Å². The molecular formula is C14H12BrNO4S2. The first kappa shape index (κ1) is 15.5. The third-order valence-electron chi connectivity index (χ3n) is 2.97. The molecule has 0 spiro atoms. The average Bonchev–Trinajstić information content (AvgIpc) is 3.19. The van der Waals surface area contributed by atoms with Crippen molar-refractivity contribution in [2.75, 3.05) is 0 Å². The summed E-state index contributed by atoms with van der Waals surface area (Å²) in [6.45, 7) is 0.289. The van der Waals surface area contributed by atoms with Gasteiger partial charge in [0.1, 0.15) is 15.7 Å². The molecule has 22 heavy (non-hydrogen) atoms. The van der Waals surface area contributed by atoms with Gasteiger partial charge in [0.15, 0.2) is 0 Å². The van der Waals surface area contributed by atoms with Gasteiger partial charge >= 0.3 is 0 Å². The van der Waals surface area contributed by atoms with Crippen molar-refractivity contribution in [3.05, 3.63) is 64.2 Å². The molecule has 0 bridgehead atoms. The van der Waals surface area contributed by atoms with Crippen molar-refractivity contribution in [2.24, 2.45) is 0 Å². The summed E-state index contributed by atoms with van der Waals surface area (Å²) in [5, 5.41) is 0. The topological polar surface area (TPSA) is 63.7 Å². The maximum Gasteiger partial charge on any atom is 0.253 e. The smallest absolute Gasteiger partial charge is 0.253 e. The van der Waals surface area contributed by atoms with Gasteiger partial charge in [-0.05, 0) is 52.3 Å². The number of furan rings is 2. The molecule has 0 unspecified atom stereocenters. The van der Waals surface area contributed by atoms with Crippen molar-refractivity contribution in [1.82, 2.24) is 4.31 Å². The van der Waals surface area contributed by atoms with Crippen molar-refractivity contribution in [3.63, 3.8) is 0 Å². The average molecular weight is 402 g/mol. The lowest BCUT2D eigenvalue weighted by atomic mass is 10.4. The molecule has 0 N–H and O–H groups in total. The monoisotopic (exact) mass is 401 g/mol. The van der Waals surface area contributed by atoms with Gasteiger partial charge in [0.05, 0.1) is 29.4 Å². The minimum Gasteiger partial charge on any atom is -0.468 e. The number of hydrogen-bond donors (Lipinski definition) is 0. The molecule has 0 amide bonds. The van der Waals surface area contributed by atoms with E-state index >= 15 is 0 Å². The van der Waals surface area contributed by atoms with E-state index in [9.17, 15) is 8.42 Å². The van der Waals surface area contributed by atoms with Gasteiger partial charge < -0.3 is 8.83 Å². The summed E-state index contributed by atoms with van der Waals surface area (Å²) in [4.78, 5) is 0. The second kappa shape index (κ2) is 6.41. The fourth-order valence-corrected chi connectivity index (χ4v) is 5.48. The molecular weight excluding hydrogens is 390 g/mol. The standard InChI is InChI=1S/C14H12BrNO4S2/c15-13-5-6-14(21-13)22(17,18)16(9-11-3-1-7-19-11)10-12-4-2-8-20-12/h1-8H,9-10H2. The third-order valence-corrected chi connectivity index (χ3v) is 6.85. The zero-order chi connectivity index (χ0) is 15.6. The Kier molecular flexibility index (Phi) is 4.53. The molecule has 0 atom stereocenters. The van der Waals surface area contributed by atoms with Gasteiger partial charge in [-0.15, -0.1) is 11.3 Å². The van der Waals surface area contributed by atoms with Crippen LogP contribution in [0.25, 0.3) is 0 Å². The number of rotatable bonds is 6. The van der Waals surface area contributed by atoms with Crippen LogP contribution in [0.15, 0.2) is 65.8 Å². The number of hydrogen-bond acceptors (Lipinski definition) is 5. The lowest BCUT2D eigenvalue weighted by molar-refractivity contribution is 0.331. The molecule has 0 saturated heterocycles. The summed E-state index contributed by atoms with van der Waals surface area (Å²) in [7, 11) is -3.63. The Morgan fingerprint density at radius 3 is 2.00 bits per heavy atom. The van der Waals surface area contributed by atoms with Crippen LogP contribution in [0, 0.1) is 0 Å². The first-order valence-corrected chi connectivity index (χ1v) is 9.41. The van der Waals surface area contributed by atoms with Gasteiger partial charge in [0.2, 0.25) is 0 Å². The number of sulfonamides is 1. The molecule has 0 saturated carbocycles. The van der Waals surface area contributed by atoms with Crippen molar-refractivity contribution in [1.29, 1.82) is 0 Å². The molecule has 0 aliphatic rings. The van der Waals surface area contributed by atoms with E-state index in [2.05, 4.69) is 15.9 Å². The Balaban J connectivity index is 1.93. The van der Waals surface area contributed by atoms with Gasteiger partial charge in [-0.1, -0.05) is 0 Å². The van der Waals surface area contributed by atoms with E-state index in [0.717, 1.165) is 3.79 Å². The molecule has 116 valence electrons. The Hall–Kier alpha value is -1.35. The van der Waals surface area contributed by atoms with Crippen LogP contribution >= 0.6 is 27.3 Å². The summed E-state index contributed by atoms with van der Waals surface area (Å²) >= 11 is 4.47. The molecule has 0 radical (unpaired) electrons. The van der Waals surface area contributed by atoms with Crippen molar-refractivity contribution < 1.29 is 17.3 Å². The Morgan fingerprint density at radius 1 is 1.00 bits per heavy atom. The highest BCUT2D eigenvalue weighted by atomic mass is 79.9. The zero-order valence-corrected chi connectivity index (χ0v) is 14.5. The number of thiophene rings is 1. The highest BCUT2D eigenvalue weighted by Crippen LogP contribution is 2.30. The quantitative estimate of drug-likeness (QED) is 0.623. The van der Waals surface area contributed by atoms with Gasteiger partial charge in [-0.2, -0.15) is 4.31 Å². The van der Waals surface area contributed by atoms with Crippen LogP contribution in [-0.4, -0.2) is 12.7 Å². The van der Waals surface area contributed by atoms with E-state index < -0.39 is 10.0 Å². The molecule has 3 aromatic rings. The summed E-state index contributed by atoms with van der Waals surface area (Å²) in [5.41, 5.74) is 0. The highest BCUT2D eigenvalue weighted by Gasteiger charge is 2.28. The lowest BCUT2D eigenvalue weighted by Gasteiger charge is -2.19. The summed E-state index contributed by atoms with van der Waals surface area (Å²) in [5.74, 6) is 1.15. The molecule has 0 aromatic carbocycles. The van der Waals surface area contributed by atoms with E-state index in [-0.39, 0.29) is 17.3 Å². The fourth-order valence-electron chi connectivity index (χ4n) is 1.94. The van der Waals surface area contributed by atoms with Gasteiger partial charge in [0.25, 0.3) is 10.0 Å². The normalized spacial score (nSPS) is 12.1. The second-order valence-electron chi connectivity index (χ2n) is 4.49. The number of halogens is 1. The minimum atomic E-state index is -3.63. The second-order valence-corrected chi connectivity index (χ2v) is 9.12. The van der Waals surface area contributed by atoms with Crippen molar-refractivity contribution in [3.8, 4) is 0 Å². The first-order chi connectivity index (χ1) is 10.6. The Morgan fingerprint density at radius 2 is 1.59 bits per heavy atom. The molecule has 5 nitrogen and oxygen atoms in total. The van der Waals surface area contributed by atoms with E-state index in [1.54, 1.807) is 36.4 Å². The molecule has 3 heterocycles. The maximum absolute atomic E-state index is 12.8. The zero-order valence-electron chi connectivity index (χ0n) is 11.3. The van der Waals surface area contributed by atoms with Crippen molar-refractivity contribution in [2.45, 2.75) is 17.3 Å².